The maximum Gasteiger partial charge on any atom is 0.331 e. The maximum atomic E-state index is 12.1. The fraction of sp³-hybridized carbons (Fsp3) is 0.333. The van der Waals surface area contributed by atoms with Crippen LogP contribution < -0.4 is 10.6 Å². The summed E-state index contributed by atoms with van der Waals surface area (Å²) in [5.74, 6) is -0.235. The van der Waals surface area contributed by atoms with E-state index in [2.05, 4.69) is 0 Å². The molecule has 3 amide bonds. The molecule has 6 nitrogen and oxygen atoms in total. The number of carbonyl (C=O) groups is 2. The average molecular weight is 249 g/mol. The minimum atomic E-state index is -0.318. The van der Waals surface area contributed by atoms with E-state index in [4.69, 9.17) is 10.5 Å². The lowest BCUT2D eigenvalue weighted by Gasteiger charge is -2.16. The number of hydrogen-bond acceptors (Lipinski definition) is 4. The van der Waals surface area contributed by atoms with Gasteiger partial charge in [-0.05, 0) is 24.3 Å². The Bertz CT molecular complexity index is 458. The van der Waals surface area contributed by atoms with E-state index in [0.717, 1.165) is 4.90 Å². The van der Waals surface area contributed by atoms with Crippen molar-refractivity contribution in [1.29, 1.82) is 0 Å². The molecule has 1 fully saturated rings. The summed E-state index contributed by atoms with van der Waals surface area (Å²) in [5, 5.41) is 0. The third kappa shape index (κ3) is 2.28. The first-order valence-corrected chi connectivity index (χ1v) is 5.60. The van der Waals surface area contributed by atoms with Gasteiger partial charge in [0.25, 0.3) is 5.91 Å². The van der Waals surface area contributed by atoms with Crippen molar-refractivity contribution in [3.63, 3.8) is 0 Å². The van der Waals surface area contributed by atoms with E-state index < -0.39 is 0 Å². The number of methoxy groups -OCH3 is 1. The van der Waals surface area contributed by atoms with Crippen LogP contribution in [0.25, 0.3) is 0 Å². The number of hydrogen-bond donors (Lipinski definition) is 1. The summed E-state index contributed by atoms with van der Waals surface area (Å²) < 4.78 is 4.90. The number of benzene rings is 1. The van der Waals surface area contributed by atoms with Crippen molar-refractivity contribution in [2.45, 2.75) is 0 Å². The number of rotatable bonds is 4. The first-order chi connectivity index (χ1) is 8.63. The van der Waals surface area contributed by atoms with Crippen molar-refractivity contribution in [2.24, 2.45) is 0 Å². The highest BCUT2D eigenvalue weighted by Crippen LogP contribution is 2.22. The SMILES string of the molecule is COCCN1CC(=O)N(c2ccc(N)cc2)C1=O. The van der Waals surface area contributed by atoms with Crippen molar-refractivity contribution in [2.75, 3.05) is 37.4 Å². The summed E-state index contributed by atoms with van der Waals surface area (Å²) in [6.45, 7) is 0.910. The number of ether oxygens (including phenoxy) is 1. The van der Waals surface area contributed by atoms with Crippen molar-refractivity contribution in [3.05, 3.63) is 24.3 Å². The third-order valence-electron chi connectivity index (χ3n) is 2.75. The summed E-state index contributed by atoms with van der Waals surface area (Å²) in [5.41, 5.74) is 6.70. The Morgan fingerprint density at radius 1 is 1.28 bits per heavy atom. The minimum Gasteiger partial charge on any atom is -0.399 e. The molecule has 0 bridgehead atoms. The van der Waals surface area contributed by atoms with E-state index in [1.54, 1.807) is 31.4 Å². The molecule has 6 heteroatoms. The highest BCUT2D eigenvalue weighted by Gasteiger charge is 2.36. The first kappa shape index (κ1) is 12.4. The molecule has 0 aliphatic carbocycles. The van der Waals surface area contributed by atoms with Crippen molar-refractivity contribution in [1.82, 2.24) is 4.90 Å². The second kappa shape index (κ2) is 5.05. The fourth-order valence-electron chi connectivity index (χ4n) is 1.80. The van der Waals surface area contributed by atoms with Crippen LogP contribution in [0.5, 0.6) is 0 Å². The molecule has 2 rings (SSSR count). The Morgan fingerprint density at radius 2 is 1.94 bits per heavy atom. The molecular formula is C12H15N3O3. The molecule has 1 aliphatic rings. The number of urea groups is 1. The monoisotopic (exact) mass is 249 g/mol. The molecule has 18 heavy (non-hydrogen) atoms. The molecule has 0 atom stereocenters. The van der Waals surface area contributed by atoms with Crippen LogP contribution >= 0.6 is 0 Å². The average Bonchev–Trinajstić information content (AvgIpc) is 2.63. The second-order valence-electron chi connectivity index (χ2n) is 4.02. The van der Waals surface area contributed by atoms with Crippen LogP contribution in [0.1, 0.15) is 0 Å². The van der Waals surface area contributed by atoms with Gasteiger partial charge in [-0.1, -0.05) is 0 Å². The Balaban J connectivity index is 2.16. The van der Waals surface area contributed by atoms with Gasteiger partial charge >= 0.3 is 6.03 Å². The van der Waals surface area contributed by atoms with Crippen molar-refractivity contribution < 1.29 is 14.3 Å². The van der Waals surface area contributed by atoms with Gasteiger partial charge in [0.1, 0.15) is 6.54 Å². The summed E-state index contributed by atoms with van der Waals surface area (Å²) >= 11 is 0. The van der Waals surface area contributed by atoms with Crippen LogP contribution in [-0.2, 0) is 9.53 Å². The first-order valence-electron chi connectivity index (χ1n) is 5.60. The van der Waals surface area contributed by atoms with Crippen LogP contribution in [0, 0.1) is 0 Å². The standard InChI is InChI=1S/C12H15N3O3/c1-18-7-6-14-8-11(16)15(12(14)17)10-4-2-9(13)3-5-10/h2-5H,6-8,13H2,1H3. The van der Waals surface area contributed by atoms with Crippen LogP contribution in [0.15, 0.2) is 24.3 Å². The molecule has 0 aromatic heterocycles. The summed E-state index contributed by atoms with van der Waals surface area (Å²) in [6.07, 6.45) is 0. The van der Waals surface area contributed by atoms with E-state index in [0.29, 0.717) is 24.5 Å². The zero-order valence-electron chi connectivity index (χ0n) is 10.1. The largest absolute Gasteiger partial charge is 0.399 e. The number of nitrogens with two attached hydrogens (primary N) is 1. The van der Waals surface area contributed by atoms with Crippen LogP contribution in [0.4, 0.5) is 16.2 Å². The predicted molar refractivity (Wildman–Crippen MR) is 67.2 cm³/mol. The Hall–Kier alpha value is -2.08. The molecule has 0 saturated carbocycles. The lowest BCUT2D eigenvalue weighted by molar-refractivity contribution is -0.116. The van der Waals surface area contributed by atoms with Gasteiger partial charge in [0.2, 0.25) is 0 Å². The van der Waals surface area contributed by atoms with E-state index in [1.165, 1.54) is 4.90 Å². The number of nitrogens with zero attached hydrogens (tertiary/aromatic N) is 2. The molecule has 0 radical (unpaired) electrons. The molecule has 0 spiro atoms. The van der Waals surface area contributed by atoms with Gasteiger partial charge in [0, 0.05) is 19.3 Å². The Kier molecular flexibility index (Phi) is 3.47. The molecule has 2 N–H and O–H groups in total. The molecule has 1 heterocycles. The van der Waals surface area contributed by atoms with Gasteiger partial charge in [-0.2, -0.15) is 0 Å². The topological polar surface area (TPSA) is 75.9 Å². The molecule has 1 saturated heterocycles. The van der Waals surface area contributed by atoms with Crippen molar-refractivity contribution in [3.8, 4) is 0 Å². The van der Waals surface area contributed by atoms with E-state index >= 15 is 0 Å². The van der Waals surface area contributed by atoms with E-state index in [-0.39, 0.29) is 18.5 Å². The van der Waals surface area contributed by atoms with Gasteiger partial charge < -0.3 is 15.4 Å². The lowest BCUT2D eigenvalue weighted by Crippen LogP contribution is -2.34. The summed E-state index contributed by atoms with van der Waals surface area (Å²) in [4.78, 5) is 26.5. The zero-order chi connectivity index (χ0) is 13.1. The maximum absolute atomic E-state index is 12.1. The van der Waals surface area contributed by atoms with E-state index in [9.17, 15) is 9.59 Å². The number of amides is 3. The van der Waals surface area contributed by atoms with Gasteiger partial charge in [0.15, 0.2) is 0 Å². The van der Waals surface area contributed by atoms with Crippen LogP contribution in [-0.4, -0.2) is 43.6 Å². The fourth-order valence-corrected chi connectivity index (χ4v) is 1.80. The van der Waals surface area contributed by atoms with Crippen LogP contribution in [0.2, 0.25) is 0 Å². The molecule has 1 aromatic rings. The minimum absolute atomic E-state index is 0.0899. The third-order valence-corrected chi connectivity index (χ3v) is 2.75. The molecule has 96 valence electrons. The number of carbonyl (C=O) groups excluding carboxylic acids is 2. The molecular weight excluding hydrogens is 234 g/mol. The number of anilines is 2. The van der Waals surface area contributed by atoms with Gasteiger partial charge in [-0.25, -0.2) is 9.69 Å². The Labute approximate surface area is 105 Å². The second-order valence-corrected chi connectivity index (χ2v) is 4.02. The quantitative estimate of drug-likeness (QED) is 0.629. The highest BCUT2D eigenvalue weighted by molar-refractivity contribution is 6.19. The predicted octanol–water partition coefficient (Wildman–Crippen LogP) is 0.684. The van der Waals surface area contributed by atoms with Gasteiger partial charge in [-0.3, -0.25) is 4.79 Å². The molecule has 1 aromatic carbocycles. The van der Waals surface area contributed by atoms with Gasteiger partial charge in [0.05, 0.1) is 12.3 Å². The summed E-state index contributed by atoms with van der Waals surface area (Å²) in [6, 6.07) is 6.32. The Morgan fingerprint density at radius 3 is 2.56 bits per heavy atom. The summed E-state index contributed by atoms with van der Waals surface area (Å²) in [7, 11) is 1.56. The highest BCUT2D eigenvalue weighted by atomic mass is 16.5. The lowest BCUT2D eigenvalue weighted by atomic mass is 10.2. The molecule has 0 unspecified atom stereocenters. The zero-order valence-corrected chi connectivity index (χ0v) is 10.1. The number of nitrogen functional groups attached to an aromatic ring is 1. The van der Waals surface area contributed by atoms with Gasteiger partial charge in [-0.15, -0.1) is 0 Å². The van der Waals surface area contributed by atoms with Crippen molar-refractivity contribution >= 4 is 23.3 Å². The molecule has 1 aliphatic heterocycles. The van der Waals surface area contributed by atoms with E-state index in [1.807, 2.05) is 0 Å². The van der Waals surface area contributed by atoms with Crippen LogP contribution in [0.3, 0.4) is 0 Å². The smallest absolute Gasteiger partial charge is 0.331 e. The number of imide groups is 1. The normalized spacial score (nSPS) is 15.6.